The average Bonchev–Trinajstić information content (AvgIpc) is 3.35. The van der Waals surface area contributed by atoms with Gasteiger partial charge >= 0.3 is 6.18 Å². The second-order valence-corrected chi connectivity index (χ2v) is 8.95. The lowest BCUT2D eigenvalue weighted by Gasteiger charge is -2.43. The number of carbonyl (C=O) groups excluding carboxylic acids is 1. The Morgan fingerprint density at radius 3 is 2.60 bits per heavy atom. The minimum absolute atomic E-state index is 0.0274. The normalized spacial score (nSPS) is 17.9. The fourth-order valence-electron chi connectivity index (χ4n) is 4.77. The molecule has 1 fully saturated rings. The van der Waals surface area contributed by atoms with E-state index < -0.39 is 29.2 Å². The first-order chi connectivity index (χ1) is 16.7. The van der Waals surface area contributed by atoms with Crippen molar-refractivity contribution >= 4 is 11.6 Å². The van der Waals surface area contributed by atoms with Gasteiger partial charge in [-0.25, -0.2) is 4.39 Å². The van der Waals surface area contributed by atoms with E-state index in [9.17, 15) is 18.0 Å². The van der Waals surface area contributed by atoms with E-state index in [-0.39, 0.29) is 43.3 Å². The lowest BCUT2D eigenvalue weighted by Crippen LogP contribution is -2.50. The summed E-state index contributed by atoms with van der Waals surface area (Å²) < 4.78 is 64.1. The largest absolute Gasteiger partial charge is 0.416 e. The number of nitrogens with one attached hydrogen (secondary N) is 1. The van der Waals surface area contributed by atoms with Crippen molar-refractivity contribution in [3.63, 3.8) is 0 Å². The first-order valence-electron chi connectivity index (χ1n) is 11.0. The van der Waals surface area contributed by atoms with E-state index in [1.165, 1.54) is 21.9 Å². The number of nitrogens with zero attached hydrogens (tertiary/aromatic N) is 4. The molecule has 0 saturated carbocycles. The smallest absolute Gasteiger partial charge is 0.379 e. The van der Waals surface area contributed by atoms with Crippen molar-refractivity contribution in [2.24, 2.45) is 7.05 Å². The SMILES string of the molecule is CNCc1cc2c(c(C(F)(F)F)c1)CN(c1cccc(C3([C@@H](F)c4nncn4C)COC3)c1)C2=O. The Hall–Kier alpha value is -3.31. The Balaban J connectivity index is 1.52. The predicted octanol–water partition coefficient (Wildman–Crippen LogP) is 3.69. The summed E-state index contributed by atoms with van der Waals surface area (Å²) in [5, 5.41) is 10.5. The topological polar surface area (TPSA) is 72.3 Å². The van der Waals surface area contributed by atoms with E-state index >= 15 is 4.39 Å². The van der Waals surface area contributed by atoms with Crippen LogP contribution in [0.5, 0.6) is 0 Å². The molecule has 7 nitrogen and oxygen atoms in total. The van der Waals surface area contributed by atoms with Crippen molar-refractivity contribution in [3.8, 4) is 0 Å². The highest BCUT2D eigenvalue weighted by Crippen LogP contribution is 2.46. The molecule has 35 heavy (non-hydrogen) atoms. The van der Waals surface area contributed by atoms with Crippen LogP contribution in [-0.2, 0) is 36.5 Å². The van der Waals surface area contributed by atoms with Crippen LogP contribution >= 0.6 is 0 Å². The molecule has 3 heterocycles. The van der Waals surface area contributed by atoms with Gasteiger partial charge in [0.25, 0.3) is 5.91 Å². The number of carbonyl (C=O) groups is 1. The summed E-state index contributed by atoms with van der Waals surface area (Å²) in [6.07, 6.45) is -4.71. The molecule has 1 N–H and O–H groups in total. The summed E-state index contributed by atoms with van der Waals surface area (Å²) in [6, 6.07) is 9.27. The van der Waals surface area contributed by atoms with Crippen LogP contribution in [0.15, 0.2) is 42.7 Å². The van der Waals surface area contributed by atoms with Gasteiger partial charge in [0.15, 0.2) is 12.0 Å². The molecule has 2 aliphatic rings. The summed E-state index contributed by atoms with van der Waals surface area (Å²) >= 11 is 0. The number of amides is 1. The van der Waals surface area contributed by atoms with Gasteiger partial charge in [-0.1, -0.05) is 12.1 Å². The van der Waals surface area contributed by atoms with E-state index in [0.717, 1.165) is 6.07 Å². The minimum Gasteiger partial charge on any atom is -0.379 e. The second kappa shape index (κ2) is 8.42. The van der Waals surface area contributed by atoms with Crippen molar-refractivity contribution < 1.29 is 27.1 Å². The Morgan fingerprint density at radius 2 is 2.00 bits per heavy atom. The highest BCUT2D eigenvalue weighted by Gasteiger charge is 2.51. The molecular formula is C24H23F4N5O2. The van der Waals surface area contributed by atoms with Gasteiger partial charge in [0.2, 0.25) is 0 Å². The monoisotopic (exact) mass is 489 g/mol. The molecule has 5 rings (SSSR count). The number of anilines is 1. The third-order valence-corrected chi connectivity index (χ3v) is 6.70. The molecule has 0 unspecified atom stereocenters. The van der Waals surface area contributed by atoms with Crippen LogP contribution in [-0.4, -0.2) is 40.9 Å². The second-order valence-electron chi connectivity index (χ2n) is 8.95. The first kappa shape index (κ1) is 23.4. The number of ether oxygens (including phenoxy) is 1. The fourth-order valence-corrected chi connectivity index (χ4v) is 4.77. The van der Waals surface area contributed by atoms with E-state index in [0.29, 0.717) is 16.8 Å². The first-order valence-corrected chi connectivity index (χ1v) is 11.0. The predicted molar refractivity (Wildman–Crippen MR) is 119 cm³/mol. The van der Waals surface area contributed by atoms with Crippen molar-refractivity contribution in [2.45, 2.75) is 30.9 Å². The van der Waals surface area contributed by atoms with E-state index in [4.69, 9.17) is 4.74 Å². The number of aromatic nitrogens is 3. The Bertz CT molecular complexity index is 1290. The number of aryl methyl sites for hydroxylation is 1. The van der Waals surface area contributed by atoms with Crippen LogP contribution in [0.2, 0.25) is 0 Å². The summed E-state index contributed by atoms with van der Waals surface area (Å²) in [7, 11) is 3.27. The summed E-state index contributed by atoms with van der Waals surface area (Å²) in [4.78, 5) is 14.6. The van der Waals surface area contributed by atoms with Crippen molar-refractivity contribution in [1.82, 2.24) is 20.1 Å². The van der Waals surface area contributed by atoms with E-state index in [2.05, 4.69) is 15.5 Å². The summed E-state index contributed by atoms with van der Waals surface area (Å²) in [5.41, 5.74) is -0.546. The maximum absolute atomic E-state index is 15.7. The molecule has 3 aromatic rings. The third kappa shape index (κ3) is 3.79. The molecule has 0 aliphatic carbocycles. The number of hydrogen-bond donors (Lipinski definition) is 1. The van der Waals surface area contributed by atoms with Gasteiger partial charge in [0, 0.05) is 24.8 Å². The molecule has 184 valence electrons. The summed E-state index contributed by atoms with van der Waals surface area (Å²) in [5.74, 6) is -0.375. The van der Waals surface area contributed by atoms with Gasteiger partial charge in [-0.2, -0.15) is 13.2 Å². The number of halogens is 4. The molecule has 1 saturated heterocycles. The molecule has 0 bridgehead atoms. The number of hydrogen-bond acceptors (Lipinski definition) is 5. The fraction of sp³-hybridized carbons (Fsp3) is 0.375. The molecule has 1 amide bonds. The van der Waals surface area contributed by atoms with Crippen LogP contribution in [0.4, 0.5) is 23.2 Å². The van der Waals surface area contributed by atoms with Crippen LogP contribution < -0.4 is 10.2 Å². The van der Waals surface area contributed by atoms with E-state index in [1.54, 1.807) is 38.4 Å². The molecule has 2 aromatic carbocycles. The molecule has 0 radical (unpaired) electrons. The zero-order valence-corrected chi connectivity index (χ0v) is 19.1. The number of benzene rings is 2. The Kier molecular flexibility index (Phi) is 5.64. The maximum Gasteiger partial charge on any atom is 0.416 e. The van der Waals surface area contributed by atoms with Crippen LogP contribution in [0, 0.1) is 0 Å². The zero-order valence-electron chi connectivity index (χ0n) is 19.1. The van der Waals surface area contributed by atoms with Crippen LogP contribution in [0.1, 0.15) is 44.6 Å². The standard InChI is InChI=1S/C24H23F4N5O2/c1-29-9-14-6-17-18(19(7-14)24(26,27)28)10-33(22(17)34)16-5-3-4-15(8-16)23(11-35-12-23)20(25)21-31-30-13-32(21)2/h3-8,13,20,29H,9-12H2,1-2H3/t20-/m0/s1. The Labute approximate surface area is 198 Å². The minimum atomic E-state index is -4.60. The van der Waals surface area contributed by atoms with Crippen molar-refractivity contribution in [2.75, 3.05) is 25.2 Å². The molecule has 0 spiro atoms. The lowest BCUT2D eigenvalue weighted by atomic mass is 9.74. The highest BCUT2D eigenvalue weighted by atomic mass is 19.4. The maximum atomic E-state index is 15.7. The third-order valence-electron chi connectivity index (χ3n) is 6.70. The number of rotatable bonds is 6. The molecule has 1 aromatic heterocycles. The molecule has 2 aliphatic heterocycles. The average molecular weight is 489 g/mol. The zero-order chi connectivity index (χ0) is 25.0. The molecule has 1 atom stereocenters. The van der Waals surface area contributed by atoms with Gasteiger partial charge in [-0.15, -0.1) is 10.2 Å². The van der Waals surface area contributed by atoms with Gasteiger partial charge in [-0.05, 0) is 48.0 Å². The van der Waals surface area contributed by atoms with Gasteiger partial charge in [0.1, 0.15) is 6.33 Å². The molecule has 11 heteroatoms. The Morgan fingerprint density at radius 1 is 1.23 bits per heavy atom. The van der Waals surface area contributed by atoms with Gasteiger partial charge < -0.3 is 19.5 Å². The quantitative estimate of drug-likeness (QED) is 0.535. The van der Waals surface area contributed by atoms with Crippen molar-refractivity contribution in [3.05, 3.63) is 76.4 Å². The van der Waals surface area contributed by atoms with E-state index in [1.807, 2.05) is 0 Å². The van der Waals surface area contributed by atoms with Crippen molar-refractivity contribution in [1.29, 1.82) is 0 Å². The van der Waals surface area contributed by atoms with Gasteiger partial charge in [-0.3, -0.25) is 4.79 Å². The number of alkyl halides is 4. The lowest BCUT2D eigenvalue weighted by molar-refractivity contribution is -0.138. The van der Waals surface area contributed by atoms with Crippen LogP contribution in [0.3, 0.4) is 0 Å². The number of fused-ring (bicyclic) bond motifs is 1. The van der Waals surface area contributed by atoms with Gasteiger partial charge in [0.05, 0.1) is 30.7 Å². The highest BCUT2D eigenvalue weighted by molar-refractivity contribution is 6.10. The summed E-state index contributed by atoms with van der Waals surface area (Å²) in [6.45, 7) is 0.175. The van der Waals surface area contributed by atoms with Crippen LogP contribution in [0.25, 0.3) is 0 Å². The molecular weight excluding hydrogens is 466 g/mol.